The van der Waals surface area contributed by atoms with E-state index < -0.39 is 9.84 Å². The van der Waals surface area contributed by atoms with Gasteiger partial charge in [-0.15, -0.1) is 0 Å². The number of benzene rings is 1. The molecule has 1 aliphatic rings. The lowest BCUT2D eigenvalue weighted by atomic mass is 10.2. The van der Waals surface area contributed by atoms with Gasteiger partial charge >= 0.3 is 0 Å². The van der Waals surface area contributed by atoms with E-state index in [1.165, 1.54) is 0 Å². The second-order valence-electron chi connectivity index (χ2n) is 4.33. The van der Waals surface area contributed by atoms with Gasteiger partial charge in [-0.05, 0) is 31.5 Å². The van der Waals surface area contributed by atoms with Crippen molar-refractivity contribution in [2.24, 2.45) is 0 Å². The molecule has 0 aliphatic carbocycles. The van der Waals surface area contributed by atoms with Crippen LogP contribution in [0.1, 0.15) is 12.5 Å². The number of rotatable bonds is 0. The molecule has 0 spiro atoms. The molecular weight excluding hydrogens is 246 g/mol. The number of sulfone groups is 1. The van der Waals surface area contributed by atoms with Crippen LogP contribution in [0.5, 0.6) is 0 Å². The van der Waals surface area contributed by atoms with Crippen molar-refractivity contribution < 1.29 is 8.42 Å². The predicted octanol–water partition coefficient (Wildman–Crippen LogP) is 2.26. The van der Waals surface area contributed by atoms with E-state index in [1.807, 2.05) is 25.8 Å². The highest BCUT2D eigenvalue weighted by molar-refractivity contribution is 7.91. The molecule has 0 saturated heterocycles. The standard InChI is InChI=1S/C11H14ClNO2S/c1-7-4-9(12)11-10(5-7)16(14,15)6-8(2)13(11)3/h4-5,8H,6H2,1-3H3. The molecule has 0 N–H and O–H groups in total. The number of halogens is 1. The Bertz CT molecular complexity index is 539. The molecule has 0 fully saturated rings. The van der Waals surface area contributed by atoms with Crippen molar-refractivity contribution in [3.8, 4) is 0 Å². The molecule has 0 amide bonds. The lowest BCUT2D eigenvalue weighted by Gasteiger charge is -2.34. The van der Waals surface area contributed by atoms with E-state index in [0.717, 1.165) is 5.56 Å². The largest absolute Gasteiger partial charge is 0.369 e. The van der Waals surface area contributed by atoms with E-state index in [2.05, 4.69) is 0 Å². The van der Waals surface area contributed by atoms with E-state index in [-0.39, 0.29) is 11.8 Å². The van der Waals surface area contributed by atoms with Crippen molar-refractivity contribution in [2.75, 3.05) is 17.7 Å². The SMILES string of the molecule is Cc1cc(Cl)c2c(c1)S(=O)(=O)CC(C)N2C. The number of nitrogens with zero attached hydrogens (tertiary/aromatic N) is 1. The zero-order valence-electron chi connectivity index (χ0n) is 9.49. The number of fused-ring (bicyclic) bond motifs is 1. The molecule has 0 aromatic heterocycles. The molecule has 1 unspecified atom stereocenters. The second kappa shape index (κ2) is 3.64. The maximum atomic E-state index is 12.0. The van der Waals surface area contributed by atoms with Crippen LogP contribution >= 0.6 is 11.6 Å². The van der Waals surface area contributed by atoms with Crippen molar-refractivity contribution in [3.63, 3.8) is 0 Å². The molecule has 5 heteroatoms. The smallest absolute Gasteiger partial charge is 0.182 e. The van der Waals surface area contributed by atoms with Gasteiger partial charge in [0.2, 0.25) is 0 Å². The minimum Gasteiger partial charge on any atom is -0.369 e. The third-order valence-corrected chi connectivity index (χ3v) is 5.17. The highest BCUT2D eigenvalue weighted by Gasteiger charge is 2.33. The zero-order valence-corrected chi connectivity index (χ0v) is 11.1. The molecule has 1 aromatic carbocycles. The first-order valence-electron chi connectivity index (χ1n) is 5.08. The molecular formula is C11H14ClNO2S. The molecule has 2 rings (SSSR count). The number of anilines is 1. The summed E-state index contributed by atoms with van der Waals surface area (Å²) in [4.78, 5) is 2.29. The van der Waals surface area contributed by atoms with E-state index >= 15 is 0 Å². The molecule has 1 heterocycles. The molecule has 1 atom stereocenters. The van der Waals surface area contributed by atoms with Gasteiger partial charge in [-0.1, -0.05) is 11.6 Å². The molecule has 1 aliphatic heterocycles. The Labute approximate surface area is 101 Å². The fraction of sp³-hybridized carbons (Fsp3) is 0.455. The Kier molecular flexibility index (Phi) is 2.67. The second-order valence-corrected chi connectivity index (χ2v) is 6.74. The summed E-state index contributed by atoms with van der Waals surface area (Å²) in [7, 11) is -1.32. The summed E-state index contributed by atoms with van der Waals surface area (Å²) in [5, 5.41) is 0.507. The van der Waals surface area contributed by atoms with E-state index in [0.29, 0.717) is 15.6 Å². The van der Waals surface area contributed by atoms with Crippen LogP contribution in [0.3, 0.4) is 0 Å². The summed E-state index contributed by atoms with van der Waals surface area (Å²) >= 11 is 6.13. The van der Waals surface area contributed by atoms with Crippen LogP contribution in [0.2, 0.25) is 5.02 Å². The van der Waals surface area contributed by atoms with Gasteiger partial charge in [0.25, 0.3) is 0 Å². The van der Waals surface area contributed by atoms with Gasteiger partial charge in [0, 0.05) is 13.1 Å². The van der Waals surface area contributed by atoms with Crippen LogP contribution in [0.15, 0.2) is 17.0 Å². The van der Waals surface area contributed by atoms with Crippen LogP contribution < -0.4 is 4.90 Å². The Balaban J connectivity index is 2.79. The zero-order chi connectivity index (χ0) is 12.1. The summed E-state index contributed by atoms with van der Waals surface area (Å²) in [5.41, 5.74) is 1.50. The highest BCUT2D eigenvalue weighted by atomic mass is 35.5. The Morgan fingerprint density at radius 1 is 1.44 bits per heavy atom. The van der Waals surface area contributed by atoms with Gasteiger partial charge in [-0.2, -0.15) is 0 Å². The normalized spacial score (nSPS) is 23.0. The molecule has 1 aromatic rings. The van der Waals surface area contributed by atoms with Crippen molar-refractivity contribution in [2.45, 2.75) is 24.8 Å². The predicted molar refractivity (Wildman–Crippen MR) is 66.1 cm³/mol. The van der Waals surface area contributed by atoms with Crippen molar-refractivity contribution in [1.82, 2.24) is 0 Å². The third-order valence-electron chi connectivity index (χ3n) is 2.98. The van der Waals surface area contributed by atoms with Crippen LogP contribution in [-0.2, 0) is 9.84 Å². The van der Waals surface area contributed by atoms with Gasteiger partial charge in [0.1, 0.15) is 0 Å². The molecule has 0 radical (unpaired) electrons. The van der Waals surface area contributed by atoms with Crippen molar-refractivity contribution >= 4 is 27.1 Å². The first kappa shape index (κ1) is 11.7. The average Bonchev–Trinajstić information content (AvgIpc) is 2.13. The van der Waals surface area contributed by atoms with E-state index in [1.54, 1.807) is 12.1 Å². The first-order chi connectivity index (χ1) is 7.33. The average molecular weight is 260 g/mol. The minimum atomic E-state index is -3.20. The Hall–Kier alpha value is -0.740. The number of hydrogen-bond acceptors (Lipinski definition) is 3. The lowest BCUT2D eigenvalue weighted by molar-refractivity contribution is 0.579. The molecule has 0 bridgehead atoms. The minimum absolute atomic E-state index is 0.0438. The van der Waals surface area contributed by atoms with Crippen molar-refractivity contribution in [1.29, 1.82) is 0 Å². The van der Waals surface area contributed by atoms with Crippen LogP contribution in [0.4, 0.5) is 5.69 Å². The number of hydrogen-bond donors (Lipinski definition) is 0. The fourth-order valence-electron chi connectivity index (χ4n) is 2.02. The molecule has 3 nitrogen and oxygen atoms in total. The molecule has 0 saturated carbocycles. The Morgan fingerprint density at radius 2 is 2.06 bits per heavy atom. The summed E-state index contributed by atoms with van der Waals surface area (Å²) < 4.78 is 24.1. The van der Waals surface area contributed by atoms with E-state index in [9.17, 15) is 8.42 Å². The number of aryl methyl sites for hydroxylation is 1. The molecule has 88 valence electrons. The summed E-state index contributed by atoms with van der Waals surface area (Å²) in [6, 6.07) is 3.45. The van der Waals surface area contributed by atoms with Crippen LogP contribution in [-0.4, -0.2) is 27.3 Å². The highest BCUT2D eigenvalue weighted by Crippen LogP contribution is 2.38. The van der Waals surface area contributed by atoms with Crippen LogP contribution in [0.25, 0.3) is 0 Å². The maximum Gasteiger partial charge on any atom is 0.182 e. The van der Waals surface area contributed by atoms with Gasteiger partial charge in [0.05, 0.1) is 21.4 Å². The lowest BCUT2D eigenvalue weighted by Crippen LogP contribution is -2.40. The summed E-state index contributed by atoms with van der Waals surface area (Å²) in [5.74, 6) is 0.149. The first-order valence-corrected chi connectivity index (χ1v) is 7.11. The van der Waals surface area contributed by atoms with Gasteiger partial charge < -0.3 is 4.90 Å². The monoisotopic (exact) mass is 259 g/mol. The third kappa shape index (κ3) is 1.70. The Morgan fingerprint density at radius 3 is 2.69 bits per heavy atom. The van der Waals surface area contributed by atoms with Gasteiger partial charge in [-0.25, -0.2) is 8.42 Å². The fourth-order valence-corrected chi connectivity index (χ4v) is 4.44. The quantitative estimate of drug-likeness (QED) is 0.717. The van der Waals surface area contributed by atoms with Gasteiger partial charge in [0.15, 0.2) is 9.84 Å². The van der Waals surface area contributed by atoms with Gasteiger partial charge in [-0.3, -0.25) is 0 Å². The molecule has 16 heavy (non-hydrogen) atoms. The van der Waals surface area contributed by atoms with E-state index in [4.69, 9.17) is 11.6 Å². The topological polar surface area (TPSA) is 37.4 Å². The maximum absolute atomic E-state index is 12.0. The van der Waals surface area contributed by atoms with Crippen LogP contribution in [0, 0.1) is 6.92 Å². The van der Waals surface area contributed by atoms with Crippen molar-refractivity contribution in [3.05, 3.63) is 22.7 Å². The summed E-state index contributed by atoms with van der Waals surface area (Å²) in [6.07, 6.45) is 0. The summed E-state index contributed by atoms with van der Waals surface area (Å²) in [6.45, 7) is 3.73.